The minimum atomic E-state index is -4.79. The molecule has 1 aromatic rings. The van der Waals surface area contributed by atoms with Crippen LogP contribution in [-0.4, -0.2) is 53.0 Å². The molecule has 0 unspecified atom stereocenters. The summed E-state index contributed by atoms with van der Waals surface area (Å²) in [6.45, 7) is -0.688. The van der Waals surface area contributed by atoms with Gasteiger partial charge >= 0.3 is 16.1 Å². The van der Waals surface area contributed by atoms with Crippen LogP contribution in [0.2, 0.25) is 0 Å². The first kappa shape index (κ1) is 14.9. The van der Waals surface area contributed by atoms with Crippen molar-refractivity contribution in [1.82, 2.24) is 9.55 Å². The molecule has 112 valence electrons. The smallest absolute Gasteiger partial charge is 0.394 e. The lowest BCUT2D eigenvalue weighted by Gasteiger charge is -2.21. The number of nitrogens with one attached hydrogen (secondary N) is 1. The fourth-order valence-corrected chi connectivity index (χ4v) is 2.54. The van der Waals surface area contributed by atoms with Gasteiger partial charge in [-0.1, -0.05) is 0 Å². The Bertz CT molecular complexity index is 692. The minimum Gasteiger partial charge on any atom is -0.394 e. The fraction of sp³-hybridized carbons (Fsp3) is 0.556. The van der Waals surface area contributed by atoms with Crippen molar-refractivity contribution in [1.29, 1.82) is 0 Å². The second kappa shape index (κ2) is 5.46. The van der Waals surface area contributed by atoms with Crippen molar-refractivity contribution in [3.63, 3.8) is 0 Å². The fourth-order valence-electron chi connectivity index (χ4n) is 2.01. The van der Waals surface area contributed by atoms with E-state index in [1.165, 1.54) is 0 Å². The van der Waals surface area contributed by atoms with Crippen LogP contribution in [-0.2, 0) is 19.3 Å². The van der Waals surface area contributed by atoms with Crippen LogP contribution in [0, 0.1) is 0 Å². The van der Waals surface area contributed by atoms with E-state index >= 15 is 0 Å². The van der Waals surface area contributed by atoms with Crippen molar-refractivity contribution in [2.24, 2.45) is 0 Å². The highest BCUT2D eigenvalue weighted by atomic mass is 32.3. The highest BCUT2D eigenvalue weighted by Crippen LogP contribution is 2.27. The van der Waals surface area contributed by atoms with E-state index < -0.39 is 46.5 Å². The average Bonchev–Trinajstić information content (AvgIpc) is 2.70. The first-order chi connectivity index (χ1) is 9.31. The largest absolute Gasteiger partial charge is 0.397 e. The van der Waals surface area contributed by atoms with Gasteiger partial charge < -0.3 is 9.84 Å². The molecule has 0 saturated carbocycles. The molecule has 10 nitrogen and oxygen atoms in total. The van der Waals surface area contributed by atoms with Gasteiger partial charge in [-0.2, -0.15) is 8.42 Å². The predicted molar refractivity (Wildman–Crippen MR) is 63.6 cm³/mol. The molecule has 1 aromatic heterocycles. The van der Waals surface area contributed by atoms with E-state index in [1.807, 2.05) is 4.98 Å². The summed E-state index contributed by atoms with van der Waals surface area (Å²) in [5, 5.41) is 9.08. The standard InChI is InChI=1S/C9H12N2O8S/c12-3-6-8(19-20(15,16)17)5(4-18-6)11-2-1-7(13)10-9(11)14/h1-2,5-6,8,12H,3-4H2,(H,10,13,14)(H,15,16,17)/t5-,6-,8+/m1/s1. The molecule has 3 N–H and O–H groups in total. The summed E-state index contributed by atoms with van der Waals surface area (Å²) in [5.74, 6) is 0. The zero-order valence-electron chi connectivity index (χ0n) is 10.0. The van der Waals surface area contributed by atoms with E-state index in [0.717, 1.165) is 16.8 Å². The van der Waals surface area contributed by atoms with Gasteiger partial charge in [0.25, 0.3) is 5.56 Å². The molecule has 20 heavy (non-hydrogen) atoms. The number of rotatable bonds is 4. The molecular formula is C9H12N2O8S. The maximum atomic E-state index is 11.7. The molecule has 1 aliphatic heterocycles. The van der Waals surface area contributed by atoms with Crippen molar-refractivity contribution < 1.29 is 27.0 Å². The number of hydrogen-bond donors (Lipinski definition) is 3. The Morgan fingerprint density at radius 3 is 2.75 bits per heavy atom. The molecule has 2 heterocycles. The van der Waals surface area contributed by atoms with Crippen LogP contribution in [0.5, 0.6) is 0 Å². The number of hydrogen-bond acceptors (Lipinski definition) is 7. The van der Waals surface area contributed by atoms with Gasteiger partial charge in [0.15, 0.2) is 0 Å². The molecule has 11 heteroatoms. The van der Waals surface area contributed by atoms with Gasteiger partial charge in [0.05, 0.1) is 19.3 Å². The number of aromatic amines is 1. The SMILES string of the molecule is O=c1ccn([C@@H]2CO[C@H](CO)[C@H]2OS(=O)(=O)O)c(=O)[nH]1. The van der Waals surface area contributed by atoms with E-state index in [4.69, 9.17) is 14.4 Å². The van der Waals surface area contributed by atoms with Gasteiger partial charge in [-0.3, -0.25) is 18.9 Å². The lowest BCUT2D eigenvalue weighted by atomic mass is 10.1. The average molecular weight is 308 g/mol. The van der Waals surface area contributed by atoms with E-state index in [0.29, 0.717) is 0 Å². The summed E-state index contributed by atoms with van der Waals surface area (Å²) >= 11 is 0. The number of aliphatic hydroxyl groups is 1. The molecule has 1 aliphatic rings. The van der Waals surface area contributed by atoms with Gasteiger partial charge in [0, 0.05) is 12.3 Å². The van der Waals surface area contributed by atoms with E-state index in [9.17, 15) is 18.0 Å². The molecule has 0 bridgehead atoms. The Labute approximate surface area is 112 Å². The molecule has 0 radical (unpaired) electrons. The number of ether oxygens (including phenoxy) is 1. The molecule has 3 atom stereocenters. The maximum absolute atomic E-state index is 11.7. The van der Waals surface area contributed by atoms with Crippen molar-refractivity contribution >= 4 is 10.4 Å². The third-order valence-corrected chi connectivity index (χ3v) is 3.31. The lowest BCUT2D eigenvalue weighted by Crippen LogP contribution is -2.40. The van der Waals surface area contributed by atoms with Crippen LogP contribution < -0.4 is 11.2 Å². The third kappa shape index (κ3) is 3.13. The summed E-state index contributed by atoms with van der Waals surface area (Å²) in [6.07, 6.45) is -1.17. The van der Waals surface area contributed by atoms with Crippen LogP contribution in [0.1, 0.15) is 6.04 Å². The van der Waals surface area contributed by atoms with E-state index in [-0.39, 0.29) is 6.61 Å². The molecule has 2 rings (SSSR count). The summed E-state index contributed by atoms with van der Waals surface area (Å²) in [4.78, 5) is 24.6. The lowest BCUT2D eigenvalue weighted by molar-refractivity contribution is 0.0102. The zero-order valence-corrected chi connectivity index (χ0v) is 10.8. The molecule has 0 amide bonds. The Kier molecular flexibility index (Phi) is 4.06. The van der Waals surface area contributed by atoms with Gasteiger partial charge in [0.1, 0.15) is 12.2 Å². The topological polar surface area (TPSA) is 148 Å². The number of nitrogens with zero attached hydrogens (tertiary/aromatic N) is 1. The van der Waals surface area contributed by atoms with Crippen molar-refractivity contribution in [3.8, 4) is 0 Å². The minimum absolute atomic E-state index is 0.128. The predicted octanol–water partition coefficient (Wildman–Crippen LogP) is -2.34. The number of H-pyrrole nitrogens is 1. The van der Waals surface area contributed by atoms with Gasteiger partial charge in [-0.15, -0.1) is 0 Å². The molecular weight excluding hydrogens is 296 g/mol. The Hall–Kier alpha value is -1.53. The van der Waals surface area contributed by atoms with E-state index in [1.54, 1.807) is 0 Å². The second-order valence-electron chi connectivity index (χ2n) is 4.13. The zero-order chi connectivity index (χ0) is 14.9. The first-order valence-corrected chi connectivity index (χ1v) is 6.88. The second-order valence-corrected chi connectivity index (χ2v) is 5.18. The summed E-state index contributed by atoms with van der Waals surface area (Å²) in [6, 6.07) is 0.150. The van der Waals surface area contributed by atoms with Gasteiger partial charge in [-0.05, 0) is 0 Å². The summed E-state index contributed by atoms with van der Waals surface area (Å²) in [7, 11) is -4.79. The number of aromatic nitrogens is 2. The van der Waals surface area contributed by atoms with Crippen LogP contribution in [0.25, 0.3) is 0 Å². The van der Waals surface area contributed by atoms with E-state index in [2.05, 4.69) is 4.18 Å². The first-order valence-electron chi connectivity index (χ1n) is 5.51. The van der Waals surface area contributed by atoms with Crippen LogP contribution in [0.4, 0.5) is 0 Å². The molecule has 0 aliphatic carbocycles. The van der Waals surface area contributed by atoms with Crippen molar-refractivity contribution in [3.05, 3.63) is 33.1 Å². The molecule has 1 saturated heterocycles. The molecule has 1 fully saturated rings. The van der Waals surface area contributed by atoms with Gasteiger partial charge in [-0.25, -0.2) is 8.98 Å². The van der Waals surface area contributed by atoms with Crippen LogP contribution in [0.3, 0.4) is 0 Å². The highest BCUT2D eigenvalue weighted by molar-refractivity contribution is 7.80. The molecule has 0 spiro atoms. The quantitative estimate of drug-likeness (QED) is 0.524. The molecule has 0 aromatic carbocycles. The summed E-state index contributed by atoms with van der Waals surface area (Å²) in [5.41, 5.74) is -1.40. The monoisotopic (exact) mass is 308 g/mol. The van der Waals surface area contributed by atoms with Crippen LogP contribution in [0.15, 0.2) is 21.9 Å². The Morgan fingerprint density at radius 1 is 1.50 bits per heavy atom. The van der Waals surface area contributed by atoms with Crippen LogP contribution >= 0.6 is 0 Å². The van der Waals surface area contributed by atoms with Crippen molar-refractivity contribution in [2.75, 3.05) is 13.2 Å². The number of aliphatic hydroxyl groups excluding tert-OH is 1. The normalized spacial score (nSPS) is 26.8. The van der Waals surface area contributed by atoms with Gasteiger partial charge in [0.2, 0.25) is 0 Å². The highest BCUT2D eigenvalue weighted by Gasteiger charge is 2.42. The van der Waals surface area contributed by atoms with Crippen molar-refractivity contribution in [2.45, 2.75) is 18.2 Å². The summed E-state index contributed by atoms with van der Waals surface area (Å²) < 4.78 is 40.9. The Balaban J connectivity index is 2.38. The third-order valence-electron chi connectivity index (χ3n) is 2.85. The Morgan fingerprint density at radius 2 is 2.20 bits per heavy atom. The maximum Gasteiger partial charge on any atom is 0.397 e.